The van der Waals surface area contributed by atoms with Crippen LogP contribution in [0.1, 0.15) is 59.8 Å². The van der Waals surface area contributed by atoms with Gasteiger partial charge < -0.3 is 25.4 Å². The van der Waals surface area contributed by atoms with Gasteiger partial charge >= 0.3 is 5.97 Å². The van der Waals surface area contributed by atoms with E-state index in [2.05, 4.69) is 16.0 Å². The second kappa shape index (κ2) is 13.7. The van der Waals surface area contributed by atoms with Gasteiger partial charge in [0.1, 0.15) is 6.04 Å². The summed E-state index contributed by atoms with van der Waals surface area (Å²) in [5.41, 5.74) is -1.64. The highest BCUT2D eigenvalue weighted by Crippen LogP contribution is 2.21. The lowest BCUT2D eigenvalue weighted by atomic mass is 9.99. The molecule has 3 amide bonds. The zero-order valence-electron chi connectivity index (χ0n) is 20.1. The van der Waals surface area contributed by atoms with Gasteiger partial charge in [-0.3, -0.25) is 14.4 Å². The van der Waals surface area contributed by atoms with Crippen LogP contribution < -0.4 is 16.0 Å². The van der Waals surface area contributed by atoms with Crippen molar-refractivity contribution in [3.05, 3.63) is 0 Å². The quantitative estimate of drug-likeness (QED) is 0.259. The van der Waals surface area contributed by atoms with Gasteiger partial charge in [-0.15, -0.1) is 0 Å². The Morgan fingerprint density at radius 2 is 1.97 bits per heavy atom. The summed E-state index contributed by atoms with van der Waals surface area (Å²) in [6, 6.07) is -0.980. The Morgan fingerprint density at radius 3 is 2.47 bits per heavy atom. The van der Waals surface area contributed by atoms with E-state index in [0.29, 0.717) is 18.6 Å². The predicted molar refractivity (Wildman–Crippen MR) is 124 cm³/mol. The fourth-order valence-electron chi connectivity index (χ4n) is 3.40. The van der Waals surface area contributed by atoms with Crippen molar-refractivity contribution in [3.8, 4) is 0 Å². The summed E-state index contributed by atoms with van der Waals surface area (Å²) in [6.45, 7) is 7.80. The molecule has 1 fully saturated rings. The SMILES string of the molecule is CC[C@H](C)[C@@H](CO[C@](CCSC)(NC(=O)CC(C)C)C(=O)OC)NC(=O)[C@@H]1CCC(=O)N1. The second-order valence-corrected chi connectivity index (χ2v) is 9.66. The number of ether oxygens (including phenoxy) is 2. The third kappa shape index (κ3) is 8.61. The molecule has 0 aromatic heterocycles. The number of hydrogen-bond donors (Lipinski definition) is 3. The molecule has 0 radical (unpaired) electrons. The second-order valence-electron chi connectivity index (χ2n) is 8.68. The first-order chi connectivity index (χ1) is 15.1. The van der Waals surface area contributed by atoms with Gasteiger partial charge in [-0.1, -0.05) is 34.1 Å². The van der Waals surface area contributed by atoms with E-state index in [9.17, 15) is 19.2 Å². The highest BCUT2D eigenvalue weighted by atomic mass is 32.2. The first-order valence-corrected chi connectivity index (χ1v) is 12.6. The van der Waals surface area contributed by atoms with E-state index in [1.165, 1.54) is 18.9 Å². The molecule has 0 aromatic rings. The molecule has 1 heterocycles. The van der Waals surface area contributed by atoms with Crippen LogP contribution in [-0.2, 0) is 28.7 Å². The molecule has 3 N–H and O–H groups in total. The molecule has 10 heteroatoms. The van der Waals surface area contributed by atoms with E-state index in [-0.39, 0.29) is 49.0 Å². The van der Waals surface area contributed by atoms with Gasteiger partial charge in [0.2, 0.25) is 23.4 Å². The van der Waals surface area contributed by atoms with Gasteiger partial charge in [-0.25, -0.2) is 4.79 Å². The molecule has 1 saturated heterocycles. The van der Waals surface area contributed by atoms with Crippen LogP contribution in [0.5, 0.6) is 0 Å². The van der Waals surface area contributed by atoms with Crippen molar-refractivity contribution in [2.24, 2.45) is 11.8 Å². The molecule has 0 bridgehead atoms. The average molecular weight is 474 g/mol. The van der Waals surface area contributed by atoms with Crippen molar-refractivity contribution in [1.29, 1.82) is 0 Å². The molecule has 1 aliphatic heterocycles. The fourth-order valence-corrected chi connectivity index (χ4v) is 3.89. The summed E-state index contributed by atoms with van der Waals surface area (Å²) in [5.74, 6) is -0.688. The zero-order valence-corrected chi connectivity index (χ0v) is 20.9. The minimum absolute atomic E-state index is 0.00680. The molecule has 4 atom stereocenters. The Morgan fingerprint density at radius 1 is 1.28 bits per heavy atom. The number of nitrogens with one attached hydrogen (secondary N) is 3. The molecule has 0 spiro atoms. The van der Waals surface area contributed by atoms with Gasteiger partial charge in [0.25, 0.3) is 0 Å². The van der Waals surface area contributed by atoms with Gasteiger partial charge in [0.05, 0.1) is 19.8 Å². The monoisotopic (exact) mass is 473 g/mol. The normalized spacial score (nSPS) is 19.6. The number of carbonyl (C=O) groups is 4. The maximum absolute atomic E-state index is 12.8. The molecule has 0 aromatic carbocycles. The molecule has 1 rings (SSSR count). The van der Waals surface area contributed by atoms with Crippen molar-refractivity contribution in [1.82, 2.24) is 16.0 Å². The number of esters is 1. The molecule has 0 saturated carbocycles. The number of carbonyl (C=O) groups excluding carboxylic acids is 4. The van der Waals surface area contributed by atoms with Crippen molar-refractivity contribution in [2.45, 2.75) is 77.6 Å². The van der Waals surface area contributed by atoms with Crippen LogP contribution in [0.2, 0.25) is 0 Å². The third-order valence-corrected chi connectivity index (χ3v) is 6.20. The third-order valence-electron chi connectivity index (χ3n) is 5.59. The Bertz CT molecular complexity index is 660. The first kappa shape index (κ1) is 28.2. The van der Waals surface area contributed by atoms with Crippen LogP contribution in [0, 0.1) is 11.8 Å². The molecule has 0 aliphatic carbocycles. The summed E-state index contributed by atoms with van der Waals surface area (Å²) in [7, 11) is 1.25. The molecule has 1 aliphatic rings. The molecule has 32 heavy (non-hydrogen) atoms. The van der Waals surface area contributed by atoms with Crippen LogP contribution >= 0.6 is 11.8 Å². The van der Waals surface area contributed by atoms with Gasteiger partial charge in [-0.05, 0) is 30.3 Å². The minimum Gasteiger partial charge on any atom is -0.465 e. The van der Waals surface area contributed by atoms with Crippen molar-refractivity contribution >= 4 is 35.5 Å². The van der Waals surface area contributed by atoms with Crippen molar-refractivity contribution in [3.63, 3.8) is 0 Å². The Hall–Kier alpha value is -1.81. The lowest BCUT2D eigenvalue weighted by molar-refractivity contribution is -0.180. The first-order valence-electron chi connectivity index (χ1n) is 11.2. The Kier molecular flexibility index (Phi) is 12.1. The standard InChI is InChI=1S/C22H39N3O6S/c1-7-15(4)17(24-20(28)16-8-9-18(26)23-16)13-31-22(10-11-32-6,21(29)30-5)25-19(27)12-14(2)3/h14-17H,7-13H2,1-6H3,(H,23,26)(H,24,28)(H,25,27)/t15-,16-,17+,22-/m0/s1. The number of thioether (sulfide) groups is 1. The summed E-state index contributed by atoms with van der Waals surface area (Å²) in [5, 5.41) is 8.37. The van der Waals surface area contributed by atoms with E-state index >= 15 is 0 Å². The topological polar surface area (TPSA) is 123 Å². The summed E-state index contributed by atoms with van der Waals surface area (Å²) in [6.07, 6.45) is 3.91. The molecule has 9 nitrogen and oxygen atoms in total. The summed E-state index contributed by atoms with van der Waals surface area (Å²) in [4.78, 5) is 49.5. The largest absolute Gasteiger partial charge is 0.465 e. The maximum atomic E-state index is 12.8. The Balaban J connectivity index is 3.03. The molecular weight excluding hydrogens is 434 g/mol. The van der Waals surface area contributed by atoms with Gasteiger partial charge in [-0.2, -0.15) is 11.8 Å². The van der Waals surface area contributed by atoms with Crippen LogP contribution in [0.25, 0.3) is 0 Å². The van der Waals surface area contributed by atoms with E-state index in [1.807, 2.05) is 34.0 Å². The Labute approximate surface area is 195 Å². The van der Waals surface area contributed by atoms with Gasteiger partial charge in [0.15, 0.2) is 0 Å². The van der Waals surface area contributed by atoms with Crippen LogP contribution in [0.4, 0.5) is 0 Å². The number of rotatable bonds is 14. The number of methoxy groups -OCH3 is 1. The number of amides is 3. The zero-order chi connectivity index (χ0) is 24.3. The van der Waals surface area contributed by atoms with Crippen molar-refractivity contribution in [2.75, 3.05) is 25.7 Å². The number of hydrogen-bond acceptors (Lipinski definition) is 7. The van der Waals surface area contributed by atoms with Crippen LogP contribution in [0.3, 0.4) is 0 Å². The highest BCUT2D eigenvalue weighted by molar-refractivity contribution is 7.98. The minimum atomic E-state index is -1.64. The average Bonchev–Trinajstić information content (AvgIpc) is 3.19. The van der Waals surface area contributed by atoms with Crippen molar-refractivity contribution < 1.29 is 28.7 Å². The van der Waals surface area contributed by atoms with E-state index in [1.54, 1.807) is 0 Å². The van der Waals surface area contributed by atoms with Crippen LogP contribution in [0.15, 0.2) is 0 Å². The van der Waals surface area contributed by atoms with E-state index in [4.69, 9.17) is 9.47 Å². The van der Waals surface area contributed by atoms with E-state index in [0.717, 1.165) is 6.42 Å². The van der Waals surface area contributed by atoms with E-state index < -0.39 is 23.8 Å². The lowest BCUT2D eigenvalue weighted by Gasteiger charge is -2.35. The smallest absolute Gasteiger partial charge is 0.359 e. The molecule has 184 valence electrons. The molecular formula is C22H39N3O6S. The summed E-state index contributed by atoms with van der Waals surface area (Å²) >= 11 is 1.52. The summed E-state index contributed by atoms with van der Waals surface area (Å²) < 4.78 is 11.1. The van der Waals surface area contributed by atoms with Crippen LogP contribution in [-0.4, -0.2) is 67.2 Å². The highest BCUT2D eigenvalue weighted by Gasteiger charge is 2.43. The fraction of sp³-hybridized carbons (Fsp3) is 0.818. The molecule has 0 unspecified atom stereocenters. The maximum Gasteiger partial charge on any atom is 0.359 e. The predicted octanol–water partition coefficient (Wildman–Crippen LogP) is 1.60. The lowest BCUT2D eigenvalue weighted by Crippen LogP contribution is -2.59. The van der Waals surface area contributed by atoms with Gasteiger partial charge in [0, 0.05) is 19.3 Å².